The number of nitrogens with zero attached hydrogens (tertiary/aromatic N) is 1. The van der Waals surface area contributed by atoms with E-state index in [4.69, 9.17) is 0 Å². The lowest BCUT2D eigenvalue weighted by Gasteiger charge is -2.01. The summed E-state index contributed by atoms with van der Waals surface area (Å²) in [7, 11) is 0. The minimum atomic E-state index is -0.537. The molecule has 1 rings (SSSR count). The number of amides is 1. The molecule has 5 heteroatoms. The summed E-state index contributed by atoms with van der Waals surface area (Å²) in [5, 5.41) is 13.0. The van der Waals surface area contributed by atoms with Gasteiger partial charge in [-0.05, 0) is 6.07 Å². The summed E-state index contributed by atoms with van der Waals surface area (Å²) < 4.78 is 0. The summed E-state index contributed by atoms with van der Waals surface area (Å²) in [6.45, 7) is 3.78. The van der Waals surface area contributed by atoms with Crippen molar-refractivity contribution in [2.75, 3.05) is 6.54 Å². The second-order valence-electron chi connectivity index (χ2n) is 2.81. The number of nitrogens with one attached hydrogen (secondary N) is 1. The van der Waals surface area contributed by atoms with Gasteiger partial charge in [-0.1, -0.05) is 12.1 Å². The maximum atomic E-state index is 11.4. The number of nitro benzene ring substituents is 1. The number of nitro groups is 1. The van der Waals surface area contributed by atoms with Crippen LogP contribution in [0, 0.1) is 10.1 Å². The van der Waals surface area contributed by atoms with Gasteiger partial charge in [0.25, 0.3) is 11.6 Å². The average Bonchev–Trinajstić information content (AvgIpc) is 2.26. The molecule has 1 N–H and O–H groups in total. The van der Waals surface area contributed by atoms with Crippen molar-refractivity contribution < 1.29 is 9.72 Å². The molecule has 0 saturated carbocycles. The summed E-state index contributed by atoms with van der Waals surface area (Å²) in [5.41, 5.74) is 0.173. The molecule has 5 nitrogen and oxygen atoms in total. The molecule has 1 aromatic rings. The Morgan fingerprint density at radius 1 is 1.60 bits per heavy atom. The van der Waals surface area contributed by atoms with E-state index in [-0.39, 0.29) is 17.2 Å². The molecular weight excluding hydrogens is 196 g/mol. The van der Waals surface area contributed by atoms with Crippen LogP contribution in [0.3, 0.4) is 0 Å². The highest BCUT2D eigenvalue weighted by atomic mass is 16.6. The lowest BCUT2D eigenvalue weighted by atomic mass is 10.2. The molecule has 0 radical (unpaired) electrons. The van der Waals surface area contributed by atoms with Crippen molar-refractivity contribution in [2.45, 2.75) is 0 Å². The first kappa shape index (κ1) is 10.9. The van der Waals surface area contributed by atoms with E-state index in [0.717, 1.165) is 0 Å². The van der Waals surface area contributed by atoms with Crippen molar-refractivity contribution in [3.8, 4) is 0 Å². The fourth-order valence-corrected chi connectivity index (χ4v) is 1.03. The monoisotopic (exact) mass is 206 g/mol. The molecule has 0 saturated heterocycles. The minimum Gasteiger partial charge on any atom is -0.349 e. The van der Waals surface area contributed by atoms with Crippen LogP contribution in [-0.4, -0.2) is 17.4 Å². The van der Waals surface area contributed by atoms with Crippen molar-refractivity contribution in [2.24, 2.45) is 0 Å². The molecule has 0 aliphatic carbocycles. The van der Waals surface area contributed by atoms with Gasteiger partial charge in [0.1, 0.15) is 0 Å². The van der Waals surface area contributed by atoms with Gasteiger partial charge in [-0.3, -0.25) is 14.9 Å². The highest BCUT2D eigenvalue weighted by Crippen LogP contribution is 2.12. The SMILES string of the molecule is C=CCNC(=O)c1cccc([N+](=O)[O-])c1. The molecule has 0 spiro atoms. The first-order chi connectivity index (χ1) is 7.15. The number of non-ortho nitro benzene ring substituents is 1. The second kappa shape index (κ2) is 4.90. The maximum Gasteiger partial charge on any atom is 0.270 e. The molecule has 0 heterocycles. The highest BCUT2D eigenvalue weighted by molar-refractivity contribution is 5.94. The summed E-state index contributed by atoms with van der Waals surface area (Å²) in [4.78, 5) is 21.3. The molecule has 0 atom stereocenters. The van der Waals surface area contributed by atoms with Crippen molar-refractivity contribution in [3.05, 3.63) is 52.6 Å². The number of rotatable bonds is 4. The van der Waals surface area contributed by atoms with E-state index < -0.39 is 4.92 Å². The topological polar surface area (TPSA) is 72.2 Å². The maximum absolute atomic E-state index is 11.4. The van der Waals surface area contributed by atoms with Crippen molar-refractivity contribution in [3.63, 3.8) is 0 Å². The standard InChI is InChI=1S/C10H10N2O3/c1-2-6-11-10(13)8-4-3-5-9(7-8)12(14)15/h2-5,7H,1,6H2,(H,11,13). The lowest BCUT2D eigenvalue weighted by molar-refractivity contribution is -0.384. The Labute approximate surface area is 86.6 Å². The molecule has 0 aromatic heterocycles. The number of carbonyl (C=O) groups excluding carboxylic acids is 1. The smallest absolute Gasteiger partial charge is 0.270 e. The summed E-state index contributed by atoms with van der Waals surface area (Å²) in [6.07, 6.45) is 1.54. The fourth-order valence-electron chi connectivity index (χ4n) is 1.03. The number of hydrogen-bond donors (Lipinski definition) is 1. The third kappa shape index (κ3) is 2.91. The van der Waals surface area contributed by atoms with E-state index in [1.54, 1.807) is 0 Å². The normalized spacial score (nSPS) is 9.33. The van der Waals surface area contributed by atoms with E-state index in [1.807, 2.05) is 0 Å². The largest absolute Gasteiger partial charge is 0.349 e. The average molecular weight is 206 g/mol. The van der Waals surface area contributed by atoms with Crippen LogP contribution in [0.1, 0.15) is 10.4 Å². The van der Waals surface area contributed by atoms with Gasteiger partial charge in [-0.15, -0.1) is 6.58 Å². The van der Waals surface area contributed by atoms with Gasteiger partial charge in [0, 0.05) is 24.2 Å². The van der Waals surface area contributed by atoms with Gasteiger partial charge in [-0.2, -0.15) is 0 Å². The minimum absolute atomic E-state index is 0.0961. The van der Waals surface area contributed by atoms with Gasteiger partial charge in [0.2, 0.25) is 0 Å². The Hall–Kier alpha value is -2.17. The summed E-state index contributed by atoms with van der Waals surface area (Å²) in [6, 6.07) is 5.56. The molecule has 0 unspecified atom stereocenters. The Kier molecular flexibility index (Phi) is 3.56. The van der Waals surface area contributed by atoms with E-state index >= 15 is 0 Å². The van der Waals surface area contributed by atoms with E-state index in [2.05, 4.69) is 11.9 Å². The first-order valence-electron chi connectivity index (χ1n) is 4.28. The van der Waals surface area contributed by atoms with Crippen LogP contribution in [0.2, 0.25) is 0 Å². The van der Waals surface area contributed by atoms with Crippen molar-refractivity contribution in [1.82, 2.24) is 5.32 Å². The summed E-state index contributed by atoms with van der Waals surface area (Å²) >= 11 is 0. The van der Waals surface area contributed by atoms with Crippen molar-refractivity contribution >= 4 is 11.6 Å². The predicted octanol–water partition coefficient (Wildman–Crippen LogP) is 1.51. The number of carbonyl (C=O) groups is 1. The predicted molar refractivity (Wildman–Crippen MR) is 55.6 cm³/mol. The quantitative estimate of drug-likeness (QED) is 0.461. The third-order valence-corrected chi connectivity index (χ3v) is 1.73. The third-order valence-electron chi connectivity index (χ3n) is 1.73. The zero-order valence-corrected chi connectivity index (χ0v) is 7.97. The zero-order valence-electron chi connectivity index (χ0n) is 7.97. The Balaban J connectivity index is 2.85. The van der Waals surface area contributed by atoms with Crippen LogP contribution in [0.25, 0.3) is 0 Å². The number of benzene rings is 1. The zero-order chi connectivity index (χ0) is 11.3. The fraction of sp³-hybridized carbons (Fsp3) is 0.100. The van der Waals surface area contributed by atoms with Crippen LogP contribution >= 0.6 is 0 Å². The van der Waals surface area contributed by atoms with Crippen LogP contribution in [0.15, 0.2) is 36.9 Å². The highest BCUT2D eigenvalue weighted by Gasteiger charge is 2.10. The van der Waals surface area contributed by atoms with Gasteiger partial charge in [-0.25, -0.2) is 0 Å². The first-order valence-corrected chi connectivity index (χ1v) is 4.28. The van der Waals surface area contributed by atoms with E-state index in [9.17, 15) is 14.9 Å². The van der Waals surface area contributed by atoms with Gasteiger partial charge < -0.3 is 5.32 Å². The number of hydrogen-bond acceptors (Lipinski definition) is 3. The van der Waals surface area contributed by atoms with Gasteiger partial charge in [0.05, 0.1) is 4.92 Å². The molecule has 1 amide bonds. The summed E-state index contributed by atoms with van der Waals surface area (Å²) in [5.74, 6) is -0.349. The van der Waals surface area contributed by atoms with Gasteiger partial charge in [0.15, 0.2) is 0 Å². The van der Waals surface area contributed by atoms with E-state index in [1.165, 1.54) is 30.3 Å². The van der Waals surface area contributed by atoms with Crippen LogP contribution in [-0.2, 0) is 0 Å². The molecule has 15 heavy (non-hydrogen) atoms. The lowest BCUT2D eigenvalue weighted by Crippen LogP contribution is -2.23. The second-order valence-corrected chi connectivity index (χ2v) is 2.81. The molecule has 78 valence electrons. The van der Waals surface area contributed by atoms with Crippen molar-refractivity contribution in [1.29, 1.82) is 0 Å². The molecule has 0 bridgehead atoms. The van der Waals surface area contributed by atoms with Crippen LogP contribution < -0.4 is 5.32 Å². The van der Waals surface area contributed by atoms with E-state index in [0.29, 0.717) is 6.54 Å². The molecule has 1 aromatic carbocycles. The Bertz CT molecular complexity index is 401. The Morgan fingerprint density at radius 2 is 2.33 bits per heavy atom. The molecule has 0 aliphatic heterocycles. The molecule has 0 fully saturated rings. The molecular formula is C10H10N2O3. The molecule has 0 aliphatic rings. The Morgan fingerprint density at radius 3 is 2.93 bits per heavy atom. The van der Waals surface area contributed by atoms with Gasteiger partial charge >= 0.3 is 0 Å². The van der Waals surface area contributed by atoms with Crippen LogP contribution in [0.4, 0.5) is 5.69 Å². The van der Waals surface area contributed by atoms with Crippen LogP contribution in [0.5, 0.6) is 0 Å².